The van der Waals surface area contributed by atoms with Crippen molar-refractivity contribution in [1.82, 2.24) is 4.86 Å². The molecule has 0 saturated carbocycles. The van der Waals surface area contributed by atoms with Crippen LogP contribution in [0.3, 0.4) is 0 Å². The molecule has 1 fully saturated rings. The molecule has 252 valence electrons. The molecule has 1 aliphatic heterocycles. The zero-order chi connectivity index (χ0) is 32.9. The fraction of sp³-hybridized carbons (Fsp3) is 0.333. The average Bonchev–Trinajstić information content (AvgIpc) is 3.13. The molecule has 0 aliphatic carbocycles. The van der Waals surface area contributed by atoms with Crippen molar-refractivity contribution in [3.8, 4) is 0 Å². The van der Waals surface area contributed by atoms with Gasteiger partial charge in [-0.25, -0.2) is 0 Å². The predicted octanol–water partition coefficient (Wildman–Crippen LogP) is 1.77. The molecule has 1 N–H and O–H groups in total. The van der Waals surface area contributed by atoms with Gasteiger partial charge in [0.05, 0.1) is 114 Å². The average molecular weight is 847 g/mol. The van der Waals surface area contributed by atoms with Crippen molar-refractivity contribution in [3.05, 3.63) is 121 Å². The minimum Gasteiger partial charge on any atom is -0.523 e. The zero-order valence-electron chi connectivity index (χ0n) is 27.7. The van der Waals surface area contributed by atoms with Gasteiger partial charge in [-0.2, -0.15) is 0 Å². The van der Waals surface area contributed by atoms with Gasteiger partial charge in [0.2, 0.25) is 0 Å². The van der Waals surface area contributed by atoms with E-state index < -0.39 is 13.2 Å². The molecule has 1 saturated heterocycles. The van der Waals surface area contributed by atoms with Crippen LogP contribution < -0.4 is 95.0 Å². The van der Waals surface area contributed by atoms with E-state index >= 15 is 0 Å². The fourth-order valence-electron chi connectivity index (χ4n) is 4.60. The van der Waals surface area contributed by atoms with Gasteiger partial charge in [-0.15, -0.1) is 0 Å². The molecule has 7 nitrogen and oxygen atoms in total. The molecule has 4 aromatic carbocycles. The Morgan fingerprint density at radius 1 is 0.333 bits per heavy atom. The Labute approximate surface area is 357 Å². The SMILES string of the molecule is C1COCCOCCOCCOCCOCCO1.[Cs+].[S-][P+](N[P+]([S-])(c1ccccc1)c1ccccc1)(c1ccccc1)c1ccccc1. The number of nitrogens with one attached hydrogen (secondary N) is 1. The Morgan fingerprint density at radius 3 is 0.667 bits per heavy atom. The van der Waals surface area contributed by atoms with Crippen molar-refractivity contribution in [2.75, 3.05) is 79.3 Å². The van der Waals surface area contributed by atoms with Crippen molar-refractivity contribution in [2.24, 2.45) is 0 Å². The van der Waals surface area contributed by atoms with E-state index in [1.54, 1.807) is 0 Å². The van der Waals surface area contributed by atoms with Crippen LogP contribution in [0.25, 0.3) is 0 Å². The number of rotatable bonds is 6. The van der Waals surface area contributed by atoms with Gasteiger partial charge in [-0.3, -0.25) is 0 Å². The van der Waals surface area contributed by atoms with Crippen LogP contribution in [0.5, 0.6) is 0 Å². The van der Waals surface area contributed by atoms with Gasteiger partial charge in [-0.1, -0.05) is 77.7 Å². The second-order valence-corrected chi connectivity index (χ2v) is 18.9. The summed E-state index contributed by atoms with van der Waals surface area (Å²) in [7, 11) is 0. The Bertz CT molecular complexity index is 1130. The van der Waals surface area contributed by atoms with Gasteiger partial charge < -0.3 is 52.9 Å². The van der Waals surface area contributed by atoms with E-state index in [9.17, 15) is 0 Å². The first-order valence-electron chi connectivity index (χ1n) is 15.8. The van der Waals surface area contributed by atoms with Gasteiger partial charge >= 0.3 is 68.9 Å². The first-order valence-corrected chi connectivity index (χ1v) is 21.4. The summed E-state index contributed by atoms with van der Waals surface area (Å²) in [6.07, 6.45) is 0. The summed E-state index contributed by atoms with van der Waals surface area (Å²) in [6.45, 7) is 2.34. The third-order valence-corrected chi connectivity index (χ3v) is 17.3. The minimum atomic E-state index is -2.35. The number of hydrogen-bond donors (Lipinski definition) is 1. The quantitative estimate of drug-likeness (QED) is 0.232. The summed E-state index contributed by atoms with van der Waals surface area (Å²) in [4.78, 5) is 3.92. The summed E-state index contributed by atoms with van der Waals surface area (Å²) in [6, 6.07) is 41.5. The van der Waals surface area contributed by atoms with Gasteiger partial charge in [0.25, 0.3) is 0 Å². The molecule has 0 atom stereocenters. The second kappa shape index (κ2) is 25.2. The maximum atomic E-state index is 6.44. The van der Waals surface area contributed by atoms with E-state index in [0.717, 1.165) is 21.2 Å². The van der Waals surface area contributed by atoms with Crippen molar-refractivity contribution >= 4 is 58.9 Å². The normalized spacial score (nSPS) is 16.2. The summed E-state index contributed by atoms with van der Waals surface area (Å²) in [5.41, 5.74) is 0. The summed E-state index contributed by atoms with van der Waals surface area (Å²) in [5, 5.41) is 4.51. The third kappa shape index (κ3) is 14.7. The van der Waals surface area contributed by atoms with E-state index in [4.69, 9.17) is 52.9 Å². The summed E-state index contributed by atoms with van der Waals surface area (Å²) < 4.78 is 32.0. The third-order valence-electron chi connectivity index (χ3n) is 6.99. The van der Waals surface area contributed by atoms with Crippen molar-refractivity contribution in [2.45, 2.75) is 0 Å². The predicted molar refractivity (Wildman–Crippen MR) is 201 cm³/mol. The van der Waals surface area contributed by atoms with Crippen molar-refractivity contribution in [1.29, 1.82) is 0 Å². The molecule has 0 unspecified atom stereocenters. The zero-order valence-corrected chi connectivity index (χ0v) is 37.4. The van der Waals surface area contributed by atoms with Gasteiger partial charge in [-0.05, 0) is 48.5 Å². The van der Waals surface area contributed by atoms with Crippen LogP contribution in [0.2, 0.25) is 0 Å². The first-order chi connectivity index (χ1) is 23.1. The second-order valence-electron chi connectivity index (χ2n) is 10.3. The molecule has 1 aliphatic rings. The Morgan fingerprint density at radius 2 is 0.500 bits per heavy atom. The molecule has 0 radical (unpaired) electrons. The largest absolute Gasteiger partial charge is 1.00 e. The van der Waals surface area contributed by atoms with Crippen molar-refractivity contribution in [3.63, 3.8) is 0 Å². The minimum absolute atomic E-state index is 0. The Hall–Kier alpha value is 0.212. The Balaban J connectivity index is 0.000000286. The maximum Gasteiger partial charge on any atom is 1.00 e. The molecule has 12 heteroatoms. The number of benzene rings is 4. The molecule has 0 aromatic heterocycles. The maximum absolute atomic E-state index is 6.44. The molecule has 4 aromatic rings. The van der Waals surface area contributed by atoms with E-state index in [1.807, 2.05) is 24.3 Å². The van der Waals surface area contributed by atoms with Crippen LogP contribution in [0.4, 0.5) is 0 Å². The molecule has 1 heterocycles. The molecule has 5 rings (SSSR count). The van der Waals surface area contributed by atoms with Crippen LogP contribution in [-0.2, 0) is 52.9 Å². The van der Waals surface area contributed by atoms with E-state index in [0.29, 0.717) is 79.3 Å². The summed E-state index contributed by atoms with van der Waals surface area (Å²) in [5.74, 6) is 0. The van der Waals surface area contributed by atoms with Gasteiger partial charge in [0.15, 0.2) is 0 Å². The van der Waals surface area contributed by atoms with E-state index in [2.05, 4.69) is 102 Å². The molecular weight excluding hydrogens is 801 g/mol. The fourth-order valence-corrected chi connectivity index (χ4v) is 15.1. The van der Waals surface area contributed by atoms with Crippen LogP contribution in [0.15, 0.2) is 121 Å². The van der Waals surface area contributed by atoms with E-state index in [1.165, 1.54) is 0 Å². The monoisotopic (exact) mass is 846 g/mol. The molecule has 0 bridgehead atoms. The topological polar surface area (TPSA) is 67.4 Å². The first kappa shape index (κ1) is 42.6. The van der Waals surface area contributed by atoms with Crippen LogP contribution in [-0.4, -0.2) is 79.3 Å². The van der Waals surface area contributed by atoms with E-state index in [-0.39, 0.29) is 68.9 Å². The Kier molecular flexibility index (Phi) is 22.4. The van der Waals surface area contributed by atoms with Crippen LogP contribution in [0.1, 0.15) is 0 Å². The molecular formula is C36H45CsNO6P2S2+. The van der Waals surface area contributed by atoms with Gasteiger partial charge in [0, 0.05) is 0 Å². The standard InChI is InChI=1S/C24H21NP2S2.C12H24O6.Cs/c28-26(21-13-5-1-6-14-21,22-15-7-2-8-16-22)25-27(29,23-17-9-3-10-18-23)24-19-11-4-12-20-24;1-2-14-5-6-16-9-10-18-12-11-17-8-7-15-4-3-13-1;/h1-20H,(H,25,28,29);1-12H2;/q;;+1. The smallest absolute Gasteiger partial charge is 0.523 e. The molecule has 0 spiro atoms. The van der Waals surface area contributed by atoms with Crippen LogP contribution in [0, 0.1) is 0 Å². The number of hydrogen-bond acceptors (Lipinski definition) is 9. The van der Waals surface area contributed by atoms with Crippen molar-refractivity contribution < 1.29 is 97.3 Å². The number of ether oxygens (including phenoxy) is 6. The molecule has 48 heavy (non-hydrogen) atoms. The van der Waals surface area contributed by atoms with Gasteiger partial charge in [0.1, 0.15) is 0 Å². The molecule has 0 amide bonds. The van der Waals surface area contributed by atoms with Crippen LogP contribution >= 0.6 is 13.2 Å². The summed E-state index contributed by atoms with van der Waals surface area (Å²) >= 11 is 12.9.